The summed E-state index contributed by atoms with van der Waals surface area (Å²) in [6.07, 6.45) is 8.07. The smallest absolute Gasteiger partial charge is 0.0949 e. The molecular formula is C12H20ClNS. The van der Waals surface area contributed by atoms with E-state index in [1.54, 1.807) is 11.3 Å². The summed E-state index contributed by atoms with van der Waals surface area (Å²) in [6.45, 7) is 3.32. The number of halogens is 1. The van der Waals surface area contributed by atoms with E-state index in [1.165, 1.54) is 44.2 Å². The molecule has 0 radical (unpaired) electrons. The first kappa shape index (κ1) is 12.9. The highest BCUT2D eigenvalue weighted by atomic mass is 35.5. The van der Waals surface area contributed by atoms with E-state index in [4.69, 9.17) is 11.6 Å². The highest BCUT2D eigenvalue weighted by Gasteiger charge is 1.95. The molecule has 0 aliphatic heterocycles. The second-order valence-corrected chi connectivity index (χ2v) is 5.38. The third-order valence-electron chi connectivity index (χ3n) is 2.43. The summed E-state index contributed by atoms with van der Waals surface area (Å²) in [5.41, 5.74) is 1.17. The lowest BCUT2D eigenvalue weighted by Gasteiger charge is -2.03. The van der Waals surface area contributed by atoms with E-state index in [9.17, 15) is 0 Å². The van der Waals surface area contributed by atoms with Crippen LogP contribution in [-0.4, -0.2) is 6.54 Å². The van der Waals surface area contributed by atoms with Crippen LogP contribution < -0.4 is 5.32 Å². The monoisotopic (exact) mass is 245 g/mol. The first-order valence-corrected chi connectivity index (χ1v) is 7.06. The van der Waals surface area contributed by atoms with Gasteiger partial charge in [-0.15, -0.1) is 11.3 Å². The van der Waals surface area contributed by atoms with Gasteiger partial charge in [-0.2, -0.15) is 0 Å². The Morgan fingerprint density at radius 3 is 2.60 bits per heavy atom. The molecule has 1 rings (SSSR count). The lowest BCUT2D eigenvalue weighted by molar-refractivity contribution is 0.617. The predicted molar refractivity (Wildman–Crippen MR) is 71.2 cm³/mol. The zero-order chi connectivity index (χ0) is 10.9. The summed E-state index contributed by atoms with van der Waals surface area (Å²) in [5.74, 6) is 0. The highest BCUT2D eigenvalue weighted by molar-refractivity contribution is 7.14. The first-order valence-electron chi connectivity index (χ1n) is 5.81. The van der Waals surface area contributed by atoms with E-state index in [1.807, 2.05) is 6.07 Å². The molecule has 0 aliphatic rings. The second kappa shape index (κ2) is 8.00. The normalized spacial score (nSPS) is 10.5. The molecule has 0 saturated heterocycles. The molecule has 1 heterocycles. The number of rotatable bonds is 8. The Balaban J connectivity index is 1.93. The van der Waals surface area contributed by atoms with Crippen molar-refractivity contribution in [2.75, 3.05) is 11.9 Å². The van der Waals surface area contributed by atoms with Gasteiger partial charge in [-0.3, -0.25) is 0 Å². The molecule has 1 N–H and O–H groups in total. The topological polar surface area (TPSA) is 12.0 Å². The third kappa shape index (κ3) is 6.06. The predicted octanol–water partition coefficient (Wildman–Crippen LogP) is 5.17. The zero-order valence-electron chi connectivity index (χ0n) is 9.39. The second-order valence-electron chi connectivity index (χ2n) is 3.83. The highest BCUT2D eigenvalue weighted by Crippen LogP contribution is 2.23. The number of nitrogens with one attached hydrogen (secondary N) is 1. The van der Waals surface area contributed by atoms with Gasteiger partial charge < -0.3 is 5.32 Å². The fourth-order valence-electron chi connectivity index (χ4n) is 1.54. The van der Waals surface area contributed by atoms with Gasteiger partial charge in [0.05, 0.1) is 4.34 Å². The van der Waals surface area contributed by atoms with Crippen LogP contribution in [0.5, 0.6) is 0 Å². The zero-order valence-corrected chi connectivity index (χ0v) is 11.0. The van der Waals surface area contributed by atoms with Crippen LogP contribution in [0.2, 0.25) is 4.34 Å². The summed E-state index contributed by atoms with van der Waals surface area (Å²) in [6, 6.07) is 1.99. The molecule has 1 aromatic rings. The van der Waals surface area contributed by atoms with Crippen molar-refractivity contribution in [1.29, 1.82) is 0 Å². The minimum absolute atomic E-state index is 0.862. The maximum absolute atomic E-state index is 5.84. The molecule has 86 valence electrons. The summed E-state index contributed by atoms with van der Waals surface area (Å²) in [7, 11) is 0. The molecule has 0 bridgehead atoms. The molecule has 0 spiro atoms. The molecule has 1 aromatic heterocycles. The Morgan fingerprint density at radius 1 is 1.20 bits per heavy atom. The molecule has 15 heavy (non-hydrogen) atoms. The van der Waals surface area contributed by atoms with Crippen LogP contribution in [0.25, 0.3) is 0 Å². The fraction of sp³-hybridized carbons (Fsp3) is 0.667. The van der Waals surface area contributed by atoms with Crippen molar-refractivity contribution < 1.29 is 0 Å². The summed E-state index contributed by atoms with van der Waals surface area (Å²) < 4.78 is 0.862. The molecule has 0 unspecified atom stereocenters. The number of anilines is 1. The van der Waals surface area contributed by atoms with E-state index in [2.05, 4.69) is 17.6 Å². The van der Waals surface area contributed by atoms with Crippen molar-refractivity contribution in [2.45, 2.75) is 45.4 Å². The van der Waals surface area contributed by atoms with Crippen LogP contribution in [0, 0.1) is 0 Å². The van der Waals surface area contributed by atoms with E-state index in [0.717, 1.165) is 10.9 Å². The van der Waals surface area contributed by atoms with E-state index in [-0.39, 0.29) is 0 Å². The van der Waals surface area contributed by atoms with Crippen molar-refractivity contribution in [3.63, 3.8) is 0 Å². The van der Waals surface area contributed by atoms with Crippen LogP contribution in [0.4, 0.5) is 5.69 Å². The largest absolute Gasteiger partial charge is 0.384 e. The Labute approximate surface area is 102 Å². The van der Waals surface area contributed by atoms with Crippen molar-refractivity contribution in [1.82, 2.24) is 0 Å². The molecule has 0 atom stereocenters. The summed E-state index contributed by atoms with van der Waals surface area (Å²) in [4.78, 5) is 0. The lowest BCUT2D eigenvalue weighted by Crippen LogP contribution is -1.99. The minimum Gasteiger partial charge on any atom is -0.384 e. The number of unbranched alkanes of at least 4 members (excludes halogenated alkanes) is 5. The van der Waals surface area contributed by atoms with Crippen molar-refractivity contribution in [2.24, 2.45) is 0 Å². The molecule has 0 saturated carbocycles. The average molecular weight is 246 g/mol. The maximum Gasteiger partial charge on any atom is 0.0949 e. The molecule has 3 heteroatoms. The Kier molecular flexibility index (Phi) is 6.86. The number of hydrogen-bond donors (Lipinski definition) is 1. The van der Waals surface area contributed by atoms with Gasteiger partial charge in [0.25, 0.3) is 0 Å². The van der Waals surface area contributed by atoms with Gasteiger partial charge >= 0.3 is 0 Å². The average Bonchev–Trinajstić information content (AvgIpc) is 2.63. The third-order valence-corrected chi connectivity index (χ3v) is 3.52. The minimum atomic E-state index is 0.862. The van der Waals surface area contributed by atoms with Crippen LogP contribution in [-0.2, 0) is 0 Å². The summed E-state index contributed by atoms with van der Waals surface area (Å²) in [5, 5.41) is 5.45. The van der Waals surface area contributed by atoms with E-state index < -0.39 is 0 Å². The van der Waals surface area contributed by atoms with Gasteiger partial charge in [-0.05, 0) is 12.5 Å². The van der Waals surface area contributed by atoms with Gasteiger partial charge in [0.1, 0.15) is 0 Å². The van der Waals surface area contributed by atoms with Gasteiger partial charge in [0.2, 0.25) is 0 Å². The van der Waals surface area contributed by atoms with Crippen molar-refractivity contribution >= 4 is 28.6 Å². The molecule has 0 fully saturated rings. The Bertz CT molecular complexity index is 260. The lowest BCUT2D eigenvalue weighted by atomic mass is 10.1. The van der Waals surface area contributed by atoms with Gasteiger partial charge in [0.15, 0.2) is 0 Å². The molecule has 0 aromatic carbocycles. The van der Waals surface area contributed by atoms with E-state index in [0.29, 0.717) is 0 Å². The van der Waals surface area contributed by atoms with Gasteiger partial charge in [-0.25, -0.2) is 0 Å². The SMILES string of the molecule is CCCCCCCCNc1csc(Cl)c1. The quantitative estimate of drug-likeness (QED) is 0.623. The fourth-order valence-corrected chi connectivity index (χ4v) is 2.38. The van der Waals surface area contributed by atoms with Gasteiger partial charge in [0, 0.05) is 17.6 Å². The maximum atomic E-state index is 5.84. The summed E-state index contributed by atoms with van der Waals surface area (Å²) >= 11 is 7.42. The van der Waals surface area contributed by atoms with Crippen LogP contribution >= 0.6 is 22.9 Å². The van der Waals surface area contributed by atoms with Crippen molar-refractivity contribution in [3.05, 3.63) is 15.8 Å². The molecule has 0 aliphatic carbocycles. The van der Waals surface area contributed by atoms with Gasteiger partial charge in [-0.1, -0.05) is 50.6 Å². The molecular weight excluding hydrogens is 226 g/mol. The van der Waals surface area contributed by atoms with Crippen LogP contribution in [0.3, 0.4) is 0 Å². The standard InChI is InChI=1S/C12H20ClNS/c1-2-3-4-5-6-7-8-14-11-9-12(13)15-10-11/h9-10,14H,2-8H2,1H3. The van der Waals surface area contributed by atoms with Crippen LogP contribution in [0.1, 0.15) is 45.4 Å². The molecule has 0 amide bonds. The van der Waals surface area contributed by atoms with Crippen molar-refractivity contribution in [3.8, 4) is 0 Å². The Hall–Kier alpha value is -0.210. The Morgan fingerprint density at radius 2 is 1.93 bits per heavy atom. The first-order chi connectivity index (χ1) is 7.33. The number of thiophene rings is 1. The number of hydrogen-bond acceptors (Lipinski definition) is 2. The van der Waals surface area contributed by atoms with E-state index >= 15 is 0 Å². The molecule has 1 nitrogen and oxygen atoms in total. The van der Waals surface area contributed by atoms with Crippen LogP contribution in [0.15, 0.2) is 11.4 Å².